The van der Waals surface area contributed by atoms with E-state index in [4.69, 9.17) is 4.74 Å². The summed E-state index contributed by atoms with van der Waals surface area (Å²) in [6.45, 7) is -0.276. The number of ether oxygens (including phenoxy) is 1. The third-order valence-electron chi connectivity index (χ3n) is 4.81. The Balaban J connectivity index is 1.73. The number of sulfonamides is 1. The van der Waals surface area contributed by atoms with Crippen molar-refractivity contribution in [1.29, 1.82) is 0 Å². The van der Waals surface area contributed by atoms with Gasteiger partial charge in [0.25, 0.3) is 5.91 Å². The van der Waals surface area contributed by atoms with Gasteiger partial charge in [-0.25, -0.2) is 13.8 Å². The fraction of sp³-hybridized carbons (Fsp3) is 0.167. The molecule has 0 saturated heterocycles. The first kappa shape index (κ1) is 24.0. The molecule has 3 rings (SSSR count). The van der Waals surface area contributed by atoms with E-state index < -0.39 is 22.5 Å². The highest BCUT2D eigenvalue weighted by Crippen LogP contribution is 2.20. The molecular weight excluding hydrogens is 442 g/mol. The average molecular weight is 468 g/mol. The molecule has 0 aliphatic carbocycles. The van der Waals surface area contributed by atoms with E-state index in [1.807, 2.05) is 30.3 Å². The Morgan fingerprint density at radius 3 is 2.33 bits per heavy atom. The zero-order chi connectivity index (χ0) is 23.7. The highest BCUT2D eigenvalue weighted by molar-refractivity contribution is 7.89. The van der Waals surface area contributed by atoms with Gasteiger partial charge < -0.3 is 9.84 Å². The van der Waals surface area contributed by atoms with Crippen LogP contribution in [-0.4, -0.2) is 50.2 Å². The summed E-state index contributed by atoms with van der Waals surface area (Å²) in [6.07, 6.45) is 1.85. The molecule has 3 aromatic rings. The Morgan fingerprint density at radius 1 is 1.03 bits per heavy atom. The molecule has 172 valence electrons. The number of hydrogen-bond acceptors (Lipinski definition) is 6. The van der Waals surface area contributed by atoms with Crippen molar-refractivity contribution in [2.75, 3.05) is 20.2 Å². The number of amides is 1. The molecule has 3 aromatic carbocycles. The van der Waals surface area contributed by atoms with E-state index in [-0.39, 0.29) is 17.2 Å². The minimum atomic E-state index is -3.94. The zero-order valence-corrected chi connectivity index (χ0v) is 18.9. The number of nitrogens with one attached hydrogen (secondary N) is 1. The molecule has 9 heteroatoms. The molecule has 0 radical (unpaired) electrons. The molecule has 0 fully saturated rings. The first-order valence-electron chi connectivity index (χ1n) is 10.2. The first-order valence-corrected chi connectivity index (χ1v) is 11.6. The van der Waals surface area contributed by atoms with Crippen molar-refractivity contribution in [2.24, 2.45) is 5.10 Å². The van der Waals surface area contributed by atoms with E-state index in [1.165, 1.54) is 37.6 Å². The number of hydrazone groups is 1. The van der Waals surface area contributed by atoms with Gasteiger partial charge in [-0.15, -0.1) is 0 Å². The van der Waals surface area contributed by atoms with Crippen LogP contribution in [0.1, 0.15) is 11.1 Å². The van der Waals surface area contributed by atoms with Crippen molar-refractivity contribution in [3.05, 3.63) is 90.0 Å². The Morgan fingerprint density at radius 2 is 1.70 bits per heavy atom. The summed E-state index contributed by atoms with van der Waals surface area (Å²) >= 11 is 0. The Bertz CT molecular complexity index is 1180. The fourth-order valence-electron chi connectivity index (χ4n) is 3.01. The van der Waals surface area contributed by atoms with E-state index in [2.05, 4.69) is 10.5 Å². The number of phenols is 1. The lowest BCUT2D eigenvalue weighted by Gasteiger charge is -2.21. The van der Waals surface area contributed by atoms with Crippen LogP contribution in [0, 0.1) is 0 Å². The molecule has 33 heavy (non-hydrogen) atoms. The SMILES string of the molecule is COc1ccc(S(=O)(=O)N(CCc2ccccc2)CC(=O)N/N=C/c2ccc(O)cc2)cc1. The van der Waals surface area contributed by atoms with Gasteiger partial charge in [0.2, 0.25) is 10.0 Å². The summed E-state index contributed by atoms with van der Waals surface area (Å²) in [4.78, 5) is 12.6. The molecule has 0 saturated carbocycles. The van der Waals surface area contributed by atoms with E-state index in [1.54, 1.807) is 24.3 Å². The lowest BCUT2D eigenvalue weighted by Crippen LogP contribution is -2.40. The highest BCUT2D eigenvalue weighted by Gasteiger charge is 2.26. The standard InChI is InChI=1S/C24H25N3O5S/c1-32-22-11-13-23(14-12-22)33(30,31)27(16-15-19-5-3-2-4-6-19)18-24(29)26-25-17-20-7-9-21(28)10-8-20/h2-14,17,28H,15-16,18H2,1H3,(H,26,29)/b25-17+. The topological polar surface area (TPSA) is 108 Å². The van der Waals surface area contributed by atoms with Crippen LogP contribution in [0.25, 0.3) is 0 Å². The normalized spacial score (nSPS) is 11.6. The Kier molecular flexibility index (Phi) is 8.17. The van der Waals surface area contributed by atoms with Crippen molar-refractivity contribution >= 4 is 22.1 Å². The number of carbonyl (C=O) groups excluding carboxylic acids is 1. The molecular formula is C24H25N3O5S. The maximum Gasteiger partial charge on any atom is 0.255 e. The number of benzene rings is 3. The summed E-state index contributed by atoms with van der Waals surface area (Å²) < 4.78 is 32.7. The molecule has 8 nitrogen and oxygen atoms in total. The molecule has 0 heterocycles. The van der Waals surface area contributed by atoms with Crippen molar-refractivity contribution in [3.63, 3.8) is 0 Å². The maximum atomic E-state index is 13.3. The van der Waals surface area contributed by atoms with E-state index in [0.29, 0.717) is 17.7 Å². The molecule has 0 aromatic heterocycles. The van der Waals surface area contributed by atoms with Gasteiger partial charge in [-0.3, -0.25) is 4.79 Å². The van der Waals surface area contributed by atoms with Crippen LogP contribution in [0.3, 0.4) is 0 Å². The van der Waals surface area contributed by atoms with Gasteiger partial charge in [-0.2, -0.15) is 9.41 Å². The van der Waals surface area contributed by atoms with Crippen molar-refractivity contribution in [2.45, 2.75) is 11.3 Å². The van der Waals surface area contributed by atoms with Crippen LogP contribution in [-0.2, 0) is 21.2 Å². The van der Waals surface area contributed by atoms with E-state index in [0.717, 1.165) is 9.87 Å². The van der Waals surface area contributed by atoms with Crippen LogP contribution in [0.5, 0.6) is 11.5 Å². The predicted octanol–water partition coefficient (Wildman–Crippen LogP) is 2.78. The van der Waals surface area contributed by atoms with Gasteiger partial charge in [-0.05, 0) is 66.1 Å². The van der Waals surface area contributed by atoms with Gasteiger partial charge in [0, 0.05) is 6.54 Å². The fourth-order valence-corrected chi connectivity index (χ4v) is 4.41. The van der Waals surface area contributed by atoms with Crippen LogP contribution in [0.2, 0.25) is 0 Å². The minimum Gasteiger partial charge on any atom is -0.508 e. The molecule has 0 atom stereocenters. The Hall–Kier alpha value is -3.69. The second kappa shape index (κ2) is 11.3. The summed E-state index contributed by atoms with van der Waals surface area (Å²) in [5.74, 6) is 0.0789. The third kappa shape index (κ3) is 6.90. The summed E-state index contributed by atoms with van der Waals surface area (Å²) in [5, 5.41) is 13.2. The van der Waals surface area contributed by atoms with Crippen LogP contribution >= 0.6 is 0 Å². The quantitative estimate of drug-likeness (QED) is 0.352. The van der Waals surface area contributed by atoms with Crippen molar-refractivity contribution in [3.8, 4) is 11.5 Å². The Labute approximate surface area is 193 Å². The highest BCUT2D eigenvalue weighted by atomic mass is 32.2. The molecule has 1 amide bonds. The maximum absolute atomic E-state index is 13.3. The molecule has 0 spiro atoms. The summed E-state index contributed by atoms with van der Waals surface area (Å²) in [5.41, 5.74) is 3.98. The molecule has 0 unspecified atom stereocenters. The third-order valence-corrected chi connectivity index (χ3v) is 6.67. The van der Waals surface area contributed by atoms with Gasteiger partial charge >= 0.3 is 0 Å². The number of methoxy groups -OCH3 is 1. The number of phenolic OH excluding ortho intramolecular Hbond substituents is 1. The molecule has 0 aliphatic rings. The van der Waals surface area contributed by atoms with E-state index in [9.17, 15) is 18.3 Å². The second-order valence-corrected chi connectivity index (χ2v) is 9.07. The molecule has 2 N–H and O–H groups in total. The van der Waals surface area contributed by atoms with Gasteiger partial charge in [0.1, 0.15) is 11.5 Å². The number of hydrogen-bond donors (Lipinski definition) is 2. The monoisotopic (exact) mass is 467 g/mol. The van der Waals surface area contributed by atoms with Gasteiger partial charge in [0.05, 0.1) is 24.8 Å². The van der Waals surface area contributed by atoms with Crippen LogP contribution < -0.4 is 10.2 Å². The number of carbonyl (C=O) groups is 1. The van der Waals surface area contributed by atoms with Crippen molar-refractivity contribution in [1.82, 2.24) is 9.73 Å². The van der Waals surface area contributed by atoms with Crippen LogP contribution in [0.4, 0.5) is 0 Å². The molecule has 0 bridgehead atoms. The average Bonchev–Trinajstić information content (AvgIpc) is 2.83. The number of rotatable bonds is 10. The number of aromatic hydroxyl groups is 1. The van der Waals surface area contributed by atoms with E-state index >= 15 is 0 Å². The summed E-state index contributed by atoms with van der Waals surface area (Å²) in [6, 6.07) is 21.7. The lowest BCUT2D eigenvalue weighted by atomic mass is 10.1. The smallest absolute Gasteiger partial charge is 0.255 e. The van der Waals surface area contributed by atoms with Gasteiger partial charge in [-0.1, -0.05) is 30.3 Å². The van der Waals surface area contributed by atoms with Gasteiger partial charge in [0.15, 0.2) is 0 Å². The second-order valence-electron chi connectivity index (χ2n) is 7.13. The predicted molar refractivity (Wildman–Crippen MR) is 126 cm³/mol. The molecule has 0 aliphatic heterocycles. The minimum absolute atomic E-state index is 0.0664. The van der Waals surface area contributed by atoms with Crippen molar-refractivity contribution < 1.29 is 23.1 Å². The number of nitrogens with zero attached hydrogens (tertiary/aromatic N) is 2. The zero-order valence-electron chi connectivity index (χ0n) is 18.1. The largest absolute Gasteiger partial charge is 0.508 e. The summed E-state index contributed by atoms with van der Waals surface area (Å²) in [7, 11) is -2.44. The van der Waals surface area contributed by atoms with Crippen LogP contribution in [0.15, 0.2) is 88.9 Å². The first-order chi connectivity index (χ1) is 15.9. The lowest BCUT2D eigenvalue weighted by molar-refractivity contribution is -0.121.